The van der Waals surface area contributed by atoms with Gasteiger partial charge in [-0.15, -0.1) is 0 Å². The number of carbonyl (C=O) groups is 1. The first-order valence-corrected chi connectivity index (χ1v) is 8.42. The maximum atomic E-state index is 12.8. The number of Topliss-reactive ketones (excluding diaryl/α,β-unsaturated/α-hetero) is 1. The summed E-state index contributed by atoms with van der Waals surface area (Å²) in [7, 11) is -3.60. The second kappa shape index (κ2) is 6.18. The van der Waals surface area contributed by atoms with Crippen LogP contribution in [0.2, 0.25) is 0 Å². The third-order valence-electron chi connectivity index (χ3n) is 3.25. The number of rotatable bonds is 3. The molecule has 1 aliphatic rings. The van der Waals surface area contributed by atoms with Crippen LogP contribution < -0.4 is 0 Å². The van der Waals surface area contributed by atoms with Crippen LogP contribution in [0.5, 0.6) is 0 Å². The molecule has 22 heavy (non-hydrogen) atoms. The van der Waals surface area contributed by atoms with Crippen molar-refractivity contribution in [2.24, 2.45) is 5.41 Å². The summed E-state index contributed by atoms with van der Waals surface area (Å²) in [6.45, 7) is 5.74. The molecular formula is C16H18NO4P. The minimum atomic E-state index is -3.60. The van der Waals surface area contributed by atoms with Gasteiger partial charge in [0.05, 0.1) is 24.8 Å². The summed E-state index contributed by atoms with van der Waals surface area (Å²) >= 11 is 0. The Bertz CT molecular complexity index is 684. The van der Waals surface area contributed by atoms with Crippen molar-refractivity contribution in [3.8, 4) is 6.07 Å². The van der Waals surface area contributed by atoms with Crippen molar-refractivity contribution in [2.75, 3.05) is 13.2 Å². The molecule has 1 heterocycles. The highest BCUT2D eigenvalue weighted by atomic mass is 31.2. The van der Waals surface area contributed by atoms with Gasteiger partial charge in [0, 0.05) is 5.41 Å². The number of hydrogen-bond acceptors (Lipinski definition) is 5. The zero-order valence-corrected chi connectivity index (χ0v) is 13.7. The van der Waals surface area contributed by atoms with Crippen LogP contribution in [0.25, 0.3) is 6.08 Å². The van der Waals surface area contributed by atoms with Gasteiger partial charge in [-0.25, -0.2) is 0 Å². The van der Waals surface area contributed by atoms with E-state index in [1.54, 1.807) is 24.3 Å². The molecule has 0 aliphatic carbocycles. The Balaban J connectivity index is 2.34. The Morgan fingerprint density at radius 3 is 2.27 bits per heavy atom. The van der Waals surface area contributed by atoms with Crippen molar-refractivity contribution in [1.29, 1.82) is 5.26 Å². The van der Waals surface area contributed by atoms with Crippen LogP contribution in [0.3, 0.4) is 0 Å². The lowest BCUT2D eigenvalue weighted by atomic mass is 9.97. The first-order chi connectivity index (χ1) is 10.3. The first kappa shape index (κ1) is 16.6. The number of carbonyl (C=O) groups excluding carboxylic acids is 1. The fourth-order valence-corrected chi connectivity index (χ4v) is 4.01. The summed E-state index contributed by atoms with van der Waals surface area (Å²) in [5, 5.41) is 8.82. The lowest BCUT2D eigenvalue weighted by molar-refractivity contribution is -0.113. The Labute approximate surface area is 130 Å². The van der Waals surface area contributed by atoms with E-state index in [-0.39, 0.29) is 29.7 Å². The standard InChI is InChI=1S/C16H18NO4P/c1-12(18)15(8-13-4-6-14(9-17)7-5-13)22(19)20-10-16(2,3)11-21-22/h4-8H,10-11H2,1-3H3/b15-8+. The van der Waals surface area contributed by atoms with Crippen molar-refractivity contribution in [3.05, 3.63) is 40.7 Å². The Kier molecular flexibility index (Phi) is 4.67. The molecule has 0 aromatic heterocycles. The van der Waals surface area contributed by atoms with E-state index in [0.717, 1.165) is 0 Å². The average molecular weight is 319 g/mol. The number of hydrogen-bond donors (Lipinski definition) is 0. The highest BCUT2D eigenvalue weighted by Crippen LogP contribution is 2.60. The van der Waals surface area contributed by atoms with E-state index in [0.29, 0.717) is 11.1 Å². The van der Waals surface area contributed by atoms with Gasteiger partial charge in [0.2, 0.25) is 0 Å². The molecule has 1 saturated heterocycles. The number of benzene rings is 1. The molecule has 0 atom stereocenters. The molecule has 2 rings (SSSR count). The molecule has 6 heteroatoms. The normalized spacial score (nSPS) is 20.2. The van der Waals surface area contributed by atoms with Crippen molar-refractivity contribution in [1.82, 2.24) is 0 Å². The van der Waals surface area contributed by atoms with Gasteiger partial charge < -0.3 is 9.05 Å². The zero-order chi connectivity index (χ0) is 16.4. The van der Waals surface area contributed by atoms with E-state index in [4.69, 9.17) is 14.3 Å². The highest BCUT2D eigenvalue weighted by molar-refractivity contribution is 7.60. The summed E-state index contributed by atoms with van der Waals surface area (Å²) in [4.78, 5) is 11.9. The molecule has 1 aromatic rings. The molecule has 0 bridgehead atoms. The van der Waals surface area contributed by atoms with Gasteiger partial charge in [-0.1, -0.05) is 26.0 Å². The second-order valence-electron chi connectivity index (χ2n) is 6.03. The van der Waals surface area contributed by atoms with Crippen LogP contribution in [-0.4, -0.2) is 19.0 Å². The largest absolute Gasteiger partial charge is 0.364 e. The summed E-state index contributed by atoms with van der Waals surface area (Å²) in [6, 6.07) is 8.64. The number of nitriles is 1. The van der Waals surface area contributed by atoms with Gasteiger partial charge in [0.1, 0.15) is 5.31 Å². The molecule has 0 unspecified atom stereocenters. The van der Waals surface area contributed by atoms with E-state index in [1.165, 1.54) is 13.0 Å². The highest BCUT2D eigenvalue weighted by Gasteiger charge is 2.41. The van der Waals surface area contributed by atoms with Gasteiger partial charge in [0.15, 0.2) is 5.78 Å². The van der Waals surface area contributed by atoms with Crippen LogP contribution in [0.1, 0.15) is 31.9 Å². The first-order valence-electron chi connectivity index (χ1n) is 6.88. The third kappa shape index (κ3) is 3.72. The van der Waals surface area contributed by atoms with E-state index in [1.807, 2.05) is 19.9 Å². The number of nitrogens with zero attached hydrogens (tertiary/aromatic N) is 1. The Hall–Kier alpha value is -1.73. The van der Waals surface area contributed by atoms with Crippen molar-refractivity contribution in [2.45, 2.75) is 20.8 Å². The van der Waals surface area contributed by atoms with Crippen LogP contribution >= 0.6 is 7.60 Å². The predicted molar refractivity (Wildman–Crippen MR) is 83.1 cm³/mol. The van der Waals surface area contributed by atoms with Gasteiger partial charge in [-0.3, -0.25) is 9.36 Å². The number of ketones is 1. The maximum Gasteiger partial charge on any atom is 0.364 e. The summed E-state index contributed by atoms with van der Waals surface area (Å²) < 4.78 is 23.6. The Morgan fingerprint density at radius 2 is 1.82 bits per heavy atom. The Morgan fingerprint density at radius 1 is 1.27 bits per heavy atom. The molecule has 0 radical (unpaired) electrons. The fourth-order valence-electron chi connectivity index (χ4n) is 1.92. The van der Waals surface area contributed by atoms with E-state index >= 15 is 0 Å². The van der Waals surface area contributed by atoms with Crippen molar-refractivity contribution < 1.29 is 18.4 Å². The van der Waals surface area contributed by atoms with Crippen molar-refractivity contribution in [3.63, 3.8) is 0 Å². The SMILES string of the molecule is CC(=O)/C(=C\c1ccc(C#N)cc1)P1(=O)OCC(C)(C)CO1. The summed E-state index contributed by atoms with van der Waals surface area (Å²) in [5.74, 6) is -0.354. The van der Waals surface area contributed by atoms with Gasteiger partial charge in [-0.05, 0) is 30.7 Å². The lowest BCUT2D eigenvalue weighted by Crippen LogP contribution is -2.30. The molecule has 1 aromatic carbocycles. The minimum Gasteiger partial charge on any atom is -0.304 e. The second-order valence-corrected chi connectivity index (χ2v) is 8.02. The minimum absolute atomic E-state index is 0.0349. The van der Waals surface area contributed by atoms with Crippen molar-refractivity contribution >= 4 is 19.5 Å². The van der Waals surface area contributed by atoms with Gasteiger partial charge >= 0.3 is 7.60 Å². The van der Waals surface area contributed by atoms with Gasteiger partial charge in [-0.2, -0.15) is 5.26 Å². The molecule has 1 fully saturated rings. The lowest BCUT2D eigenvalue weighted by Gasteiger charge is -2.34. The fraction of sp³-hybridized carbons (Fsp3) is 0.375. The van der Waals surface area contributed by atoms with Crippen LogP contribution in [0.15, 0.2) is 29.6 Å². The molecular weight excluding hydrogens is 301 g/mol. The molecule has 0 spiro atoms. The molecule has 1 aliphatic heterocycles. The summed E-state index contributed by atoms with van der Waals surface area (Å²) in [5.41, 5.74) is 0.945. The van der Waals surface area contributed by atoms with Gasteiger partial charge in [0.25, 0.3) is 0 Å². The van der Waals surface area contributed by atoms with Crippen LogP contribution in [-0.2, 0) is 18.4 Å². The third-order valence-corrected chi connectivity index (χ3v) is 5.22. The van der Waals surface area contributed by atoms with E-state index in [2.05, 4.69) is 0 Å². The number of allylic oxidation sites excluding steroid dienone is 1. The molecule has 5 nitrogen and oxygen atoms in total. The maximum absolute atomic E-state index is 12.8. The van der Waals surface area contributed by atoms with Crippen LogP contribution in [0, 0.1) is 16.7 Å². The smallest absolute Gasteiger partial charge is 0.304 e. The van der Waals surface area contributed by atoms with Crippen LogP contribution in [0.4, 0.5) is 0 Å². The molecule has 116 valence electrons. The predicted octanol–water partition coefficient (Wildman–Crippen LogP) is 3.75. The topological polar surface area (TPSA) is 76.4 Å². The quantitative estimate of drug-likeness (QED) is 0.626. The summed E-state index contributed by atoms with van der Waals surface area (Å²) in [6.07, 6.45) is 1.50. The average Bonchev–Trinajstić information content (AvgIpc) is 2.48. The molecule has 0 amide bonds. The zero-order valence-electron chi connectivity index (χ0n) is 12.8. The van der Waals surface area contributed by atoms with E-state index < -0.39 is 7.60 Å². The molecule has 0 N–H and O–H groups in total. The monoisotopic (exact) mass is 319 g/mol. The molecule has 0 saturated carbocycles. The van der Waals surface area contributed by atoms with E-state index in [9.17, 15) is 9.36 Å².